The molecule has 0 bridgehead atoms. The van der Waals surface area contributed by atoms with Gasteiger partial charge in [0.25, 0.3) is 0 Å². The molecule has 1 fully saturated rings. The lowest BCUT2D eigenvalue weighted by atomic mass is 10.2. The molecule has 1 N–H and O–H groups in total. The standard InChI is InChI=1S/C11H21N3O/c1-3-11(8-12)13-10(2)9-14-4-6-15-7-5-14/h10-11,13H,3-7,9H2,1-2H3. The van der Waals surface area contributed by atoms with E-state index in [1.165, 1.54) is 0 Å². The van der Waals surface area contributed by atoms with Gasteiger partial charge in [0.15, 0.2) is 0 Å². The summed E-state index contributed by atoms with van der Waals surface area (Å²) in [6.07, 6.45) is 0.865. The van der Waals surface area contributed by atoms with Crippen molar-refractivity contribution in [3.05, 3.63) is 0 Å². The summed E-state index contributed by atoms with van der Waals surface area (Å²) in [7, 11) is 0. The number of rotatable bonds is 5. The van der Waals surface area contributed by atoms with Crippen LogP contribution in [-0.2, 0) is 4.74 Å². The third-order valence-electron chi connectivity index (χ3n) is 2.69. The van der Waals surface area contributed by atoms with Gasteiger partial charge in [-0.15, -0.1) is 0 Å². The molecule has 2 atom stereocenters. The average Bonchev–Trinajstić information content (AvgIpc) is 2.27. The van der Waals surface area contributed by atoms with Gasteiger partial charge in [-0.05, 0) is 13.3 Å². The van der Waals surface area contributed by atoms with Gasteiger partial charge >= 0.3 is 0 Å². The highest BCUT2D eigenvalue weighted by molar-refractivity contribution is 4.90. The number of nitrogens with zero attached hydrogens (tertiary/aromatic N) is 2. The van der Waals surface area contributed by atoms with Gasteiger partial charge in [-0.3, -0.25) is 10.2 Å². The van der Waals surface area contributed by atoms with Crippen LogP contribution in [0.1, 0.15) is 20.3 Å². The molecule has 0 aromatic rings. The molecule has 0 radical (unpaired) electrons. The van der Waals surface area contributed by atoms with Crippen LogP contribution in [-0.4, -0.2) is 49.8 Å². The molecule has 4 nitrogen and oxygen atoms in total. The number of hydrogen-bond donors (Lipinski definition) is 1. The highest BCUT2D eigenvalue weighted by Gasteiger charge is 2.15. The predicted molar refractivity (Wildman–Crippen MR) is 59.5 cm³/mol. The van der Waals surface area contributed by atoms with E-state index in [-0.39, 0.29) is 6.04 Å². The summed E-state index contributed by atoms with van der Waals surface area (Å²) >= 11 is 0. The van der Waals surface area contributed by atoms with Crippen LogP contribution in [0, 0.1) is 11.3 Å². The lowest BCUT2D eigenvalue weighted by Gasteiger charge is -2.30. The molecule has 1 aliphatic rings. The van der Waals surface area contributed by atoms with Crippen LogP contribution < -0.4 is 5.32 Å². The fourth-order valence-electron chi connectivity index (χ4n) is 1.81. The third-order valence-corrected chi connectivity index (χ3v) is 2.69. The molecule has 86 valence electrons. The zero-order valence-electron chi connectivity index (χ0n) is 9.70. The van der Waals surface area contributed by atoms with E-state index in [4.69, 9.17) is 10.00 Å². The molecule has 15 heavy (non-hydrogen) atoms. The minimum absolute atomic E-state index is 0.0129. The molecule has 0 aliphatic carbocycles. The first-order chi connectivity index (χ1) is 7.26. The van der Waals surface area contributed by atoms with E-state index in [1.807, 2.05) is 6.92 Å². The van der Waals surface area contributed by atoms with Crippen LogP contribution in [0.2, 0.25) is 0 Å². The first-order valence-electron chi connectivity index (χ1n) is 5.72. The van der Waals surface area contributed by atoms with Gasteiger partial charge in [-0.1, -0.05) is 6.92 Å². The summed E-state index contributed by atoms with van der Waals surface area (Å²) in [5.74, 6) is 0. The highest BCUT2D eigenvalue weighted by atomic mass is 16.5. The van der Waals surface area contributed by atoms with Crippen molar-refractivity contribution in [3.8, 4) is 6.07 Å². The Labute approximate surface area is 92.2 Å². The molecule has 0 saturated carbocycles. The first-order valence-corrected chi connectivity index (χ1v) is 5.72. The molecule has 1 aliphatic heterocycles. The van der Waals surface area contributed by atoms with Crippen molar-refractivity contribution >= 4 is 0 Å². The summed E-state index contributed by atoms with van der Waals surface area (Å²) in [4.78, 5) is 2.38. The van der Waals surface area contributed by atoms with Gasteiger partial charge in [0.2, 0.25) is 0 Å². The normalized spacial score (nSPS) is 21.9. The first kappa shape index (κ1) is 12.4. The number of nitriles is 1. The predicted octanol–water partition coefficient (Wildman–Crippen LogP) is 0.599. The van der Waals surface area contributed by atoms with Gasteiger partial charge in [-0.2, -0.15) is 5.26 Å². The zero-order valence-corrected chi connectivity index (χ0v) is 9.70. The van der Waals surface area contributed by atoms with Crippen LogP contribution in [0.5, 0.6) is 0 Å². The molecule has 1 heterocycles. The second-order valence-corrected chi connectivity index (χ2v) is 4.07. The van der Waals surface area contributed by atoms with E-state index in [2.05, 4.69) is 23.2 Å². The van der Waals surface area contributed by atoms with Crippen molar-refractivity contribution < 1.29 is 4.74 Å². The average molecular weight is 211 g/mol. The van der Waals surface area contributed by atoms with Gasteiger partial charge < -0.3 is 4.74 Å². The summed E-state index contributed by atoms with van der Waals surface area (Å²) in [5, 5.41) is 12.2. The van der Waals surface area contributed by atoms with E-state index < -0.39 is 0 Å². The molecule has 0 amide bonds. The van der Waals surface area contributed by atoms with Crippen molar-refractivity contribution in [3.63, 3.8) is 0 Å². The maximum absolute atomic E-state index is 8.83. The van der Waals surface area contributed by atoms with E-state index >= 15 is 0 Å². The fourth-order valence-corrected chi connectivity index (χ4v) is 1.81. The second kappa shape index (κ2) is 6.78. The fraction of sp³-hybridized carbons (Fsp3) is 0.909. The molecule has 0 aromatic carbocycles. The maximum atomic E-state index is 8.83. The van der Waals surface area contributed by atoms with Crippen LogP contribution in [0.15, 0.2) is 0 Å². The van der Waals surface area contributed by atoms with E-state index in [9.17, 15) is 0 Å². The molecule has 1 saturated heterocycles. The number of hydrogen-bond acceptors (Lipinski definition) is 4. The van der Waals surface area contributed by atoms with Gasteiger partial charge in [-0.25, -0.2) is 0 Å². The summed E-state index contributed by atoms with van der Waals surface area (Å²) in [5.41, 5.74) is 0. The van der Waals surface area contributed by atoms with Crippen molar-refractivity contribution in [2.75, 3.05) is 32.8 Å². The topological polar surface area (TPSA) is 48.3 Å². The van der Waals surface area contributed by atoms with Gasteiger partial charge in [0.1, 0.15) is 0 Å². The Hall–Kier alpha value is -0.630. The summed E-state index contributed by atoms with van der Waals surface area (Å²) < 4.78 is 5.29. The molecule has 1 rings (SSSR count). The molecule has 0 aromatic heterocycles. The monoisotopic (exact) mass is 211 g/mol. The summed E-state index contributed by atoms with van der Waals surface area (Å²) in [6, 6.07) is 2.62. The third kappa shape index (κ3) is 4.61. The number of nitrogens with one attached hydrogen (secondary N) is 1. The van der Waals surface area contributed by atoms with E-state index in [1.54, 1.807) is 0 Å². The lowest BCUT2D eigenvalue weighted by molar-refractivity contribution is 0.0341. The van der Waals surface area contributed by atoms with Crippen LogP contribution in [0.3, 0.4) is 0 Å². The Kier molecular flexibility index (Phi) is 5.62. The van der Waals surface area contributed by atoms with Crippen molar-refractivity contribution in [2.45, 2.75) is 32.4 Å². The van der Waals surface area contributed by atoms with Crippen LogP contribution in [0.4, 0.5) is 0 Å². The molecule has 2 unspecified atom stereocenters. The Bertz CT molecular complexity index is 208. The van der Waals surface area contributed by atoms with Crippen molar-refractivity contribution in [2.24, 2.45) is 0 Å². The molecule has 4 heteroatoms. The van der Waals surface area contributed by atoms with Crippen LogP contribution in [0.25, 0.3) is 0 Å². The highest BCUT2D eigenvalue weighted by Crippen LogP contribution is 2.00. The minimum atomic E-state index is -0.0129. The Balaban J connectivity index is 2.22. The SMILES string of the molecule is CCC(C#N)NC(C)CN1CCOCC1. The molecule has 0 spiro atoms. The van der Waals surface area contributed by atoms with E-state index in [0.717, 1.165) is 39.3 Å². The van der Waals surface area contributed by atoms with E-state index in [0.29, 0.717) is 6.04 Å². The number of ether oxygens (including phenoxy) is 1. The summed E-state index contributed by atoms with van der Waals surface area (Å²) in [6.45, 7) is 8.86. The molecular formula is C11H21N3O. The smallest absolute Gasteiger partial charge is 0.0952 e. The van der Waals surface area contributed by atoms with Crippen molar-refractivity contribution in [1.29, 1.82) is 5.26 Å². The maximum Gasteiger partial charge on any atom is 0.0952 e. The Morgan fingerprint density at radius 1 is 1.47 bits per heavy atom. The second-order valence-electron chi connectivity index (χ2n) is 4.07. The largest absolute Gasteiger partial charge is 0.379 e. The quantitative estimate of drug-likeness (QED) is 0.723. The Morgan fingerprint density at radius 3 is 2.67 bits per heavy atom. The van der Waals surface area contributed by atoms with Crippen molar-refractivity contribution in [1.82, 2.24) is 10.2 Å². The van der Waals surface area contributed by atoms with Gasteiger partial charge in [0, 0.05) is 25.7 Å². The van der Waals surface area contributed by atoms with Gasteiger partial charge in [0.05, 0.1) is 25.3 Å². The lowest BCUT2D eigenvalue weighted by Crippen LogP contribution is -2.46. The molecular weight excluding hydrogens is 190 g/mol. The Morgan fingerprint density at radius 2 is 2.13 bits per heavy atom. The van der Waals surface area contributed by atoms with Crippen LogP contribution >= 0.6 is 0 Å². The zero-order chi connectivity index (χ0) is 11.1. The minimum Gasteiger partial charge on any atom is -0.379 e. The number of morpholine rings is 1.